The minimum Gasteiger partial charge on any atom is -0.103 e. The van der Waals surface area contributed by atoms with Crippen LogP contribution in [-0.4, -0.2) is 0 Å². The second kappa shape index (κ2) is 9.07. The van der Waals surface area contributed by atoms with Gasteiger partial charge < -0.3 is 0 Å². The highest BCUT2D eigenvalue weighted by molar-refractivity contribution is 5.24. The van der Waals surface area contributed by atoms with Gasteiger partial charge in [0.2, 0.25) is 0 Å². The number of unbranched alkanes of at least 4 members (excludes halogenated alkanes) is 1. The Kier molecular flexibility index (Phi) is 8.63. The van der Waals surface area contributed by atoms with Crippen LogP contribution in [-0.2, 0) is 0 Å². The zero-order valence-electron chi connectivity index (χ0n) is 15.4. The lowest BCUT2D eigenvalue weighted by Gasteiger charge is -2.27. The molecule has 0 aromatic carbocycles. The molecule has 0 heteroatoms. The van der Waals surface area contributed by atoms with E-state index in [1.54, 1.807) is 0 Å². The first-order valence-electron chi connectivity index (χ1n) is 8.23. The maximum atomic E-state index is 3.88. The third kappa shape index (κ3) is 8.75. The van der Waals surface area contributed by atoms with Crippen molar-refractivity contribution in [2.24, 2.45) is 16.7 Å². The van der Waals surface area contributed by atoms with Crippen molar-refractivity contribution in [2.75, 3.05) is 0 Å². The first-order chi connectivity index (χ1) is 9.62. The molecule has 0 rings (SSSR count). The molecule has 0 aromatic rings. The van der Waals surface area contributed by atoms with E-state index in [1.165, 1.54) is 5.57 Å². The van der Waals surface area contributed by atoms with E-state index in [9.17, 15) is 0 Å². The van der Waals surface area contributed by atoms with Crippen LogP contribution in [0.4, 0.5) is 0 Å². The van der Waals surface area contributed by atoms with Gasteiger partial charge in [-0.2, -0.15) is 0 Å². The van der Waals surface area contributed by atoms with Gasteiger partial charge in [-0.15, -0.1) is 6.58 Å². The SMILES string of the molecule is C=CCC(/C=C/CC/C=C(\C=C/C)C(C)(C)C)C(C)(C)C. The fraction of sp³-hybridized carbons (Fsp3) is 0.619. The van der Waals surface area contributed by atoms with Crippen LogP contribution >= 0.6 is 0 Å². The summed E-state index contributed by atoms with van der Waals surface area (Å²) in [6.45, 7) is 19.7. The van der Waals surface area contributed by atoms with Crippen LogP contribution in [0.15, 0.2) is 48.6 Å². The average Bonchev–Trinajstić information content (AvgIpc) is 2.33. The topological polar surface area (TPSA) is 0 Å². The molecule has 0 saturated carbocycles. The van der Waals surface area contributed by atoms with Crippen LogP contribution in [0, 0.1) is 16.7 Å². The molecule has 0 aliphatic rings. The summed E-state index contributed by atoms with van der Waals surface area (Å²) in [5, 5.41) is 0. The molecule has 0 heterocycles. The third-order valence-corrected chi connectivity index (χ3v) is 3.81. The van der Waals surface area contributed by atoms with E-state index in [0.29, 0.717) is 11.3 Å². The summed E-state index contributed by atoms with van der Waals surface area (Å²) in [5.74, 6) is 0.580. The van der Waals surface area contributed by atoms with Crippen molar-refractivity contribution < 1.29 is 0 Å². The lowest BCUT2D eigenvalue weighted by atomic mass is 9.78. The fourth-order valence-corrected chi connectivity index (χ4v) is 2.30. The van der Waals surface area contributed by atoms with E-state index in [0.717, 1.165) is 19.3 Å². The van der Waals surface area contributed by atoms with Crippen molar-refractivity contribution in [3.05, 3.63) is 48.6 Å². The van der Waals surface area contributed by atoms with Crippen LogP contribution in [0.3, 0.4) is 0 Å². The molecule has 0 aromatic heterocycles. The molecule has 0 bridgehead atoms. The Morgan fingerprint density at radius 3 is 2.10 bits per heavy atom. The fourth-order valence-electron chi connectivity index (χ4n) is 2.30. The Labute approximate surface area is 133 Å². The van der Waals surface area contributed by atoms with Crippen LogP contribution in [0.5, 0.6) is 0 Å². The molecule has 1 atom stereocenters. The van der Waals surface area contributed by atoms with Crippen LogP contribution < -0.4 is 0 Å². The Bertz CT molecular complexity index is 377. The van der Waals surface area contributed by atoms with Gasteiger partial charge in [0.15, 0.2) is 0 Å². The number of rotatable bonds is 7. The minimum atomic E-state index is 0.229. The number of allylic oxidation sites excluding steroid dienone is 7. The largest absolute Gasteiger partial charge is 0.103 e. The summed E-state index contributed by atoms with van der Waals surface area (Å²) >= 11 is 0. The van der Waals surface area contributed by atoms with Gasteiger partial charge >= 0.3 is 0 Å². The van der Waals surface area contributed by atoms with E-state index >= 15 is 0 Å². The molecule has 0 fully saturated rings. The number of hydrogen-bond acceptors (Lipinski definition) is 0. The van der Waals surface area contributed by atoms with Gasteiger partial charge in [0, 0.05) is 0 Å². The maximum absolute atomic E-state index is 3.88. The smallest absolute Gasteiger partial charge is 0.0135 e. The van der Waals surface area contributed by atoms with Crippen LogP contribution in [0.25, 0.3) is 0 Å². The van der Waals surface area contributed by atoms with Crippen molar-refractivity contribution in [1.29, 1.82) is 0 Å². The maximum Gasteiger partial charge on any atom is -0.0135 e. The van der Waals surface area contributed by atoms with Crippen LogP contribution in [0.1, 0.15) is 67.7 Å². The Morgan fingerprint density at radius 2 is 1.67 bits per heavy atom. The zero-order chi connectivity index (χ0) is 16.5. The van der Waals surface area contributed by atoms with Crippen molar-refractivity contribution in [2.45, 2.75) is 67.7 Å². The van der Waals surface area contributed by atoms with Gasteiger partial charge in [-0.25, -0.2) is 0 Å². The molecule has 120 valence electrons. The lowest BCUT2D eigenvalue weighted by molar-refractivity contribution is 0.295. The molecule has 0 aliphatic carbocycles. The highest BCUT2D eigenvalue weighted by Gasteiger charge is 2.20. The normalized spacial score (nSPS) is 15.9. The van der Waals surface area contributed by atoms with E-state index < -0.39 is 0 Å². The third-order valence-electron chi connectivity index (χ3n) is 3.81. The first kappa shape index (κ1) is 20.0. The summed E-state index contributed by atoms with van der Waals surface area (Å²) in [6.07, 6.45) is 16.8. The van der Waals surface area contributed by atoms with Gasteiger partial charge in [-0.3, -0.25) is 0 Å². The molecular formula is C21H36. The Morgan fingerprint density at radius 1 is 1.05 bits per heavy atom. The van der Waals surface area contributed by atoms with Crippen molar-refractivity contribution >= 4 is 0 Å². The monoisotopic (exact) mass is 288 g/mol. The Hall–Kier alpha value is -1.04. The van der Waals surface area contributed by atoms with E-state index in [4.69, 9.17) is 0 Å². The highest BCUT2D eigenvalue weighted by Crippen LogP contribution is 2.30. The van der Waals surface area contributed by atoms with Gasteiger partial charge in [0.05, 0.1) is 0 Å². The molecule has 0 aliphatic heterocycles. The zero-order valence-corrected chi connectivity index (χ0v) is 15.4. The summed E-state index contributed by atoms with van der Waals surface area (Å²) in [5.41, 5.74) is 1.96. The minimum absolute atomic E-state index is 0.229. The Balaban J connectivity index is 4.59. The predicted molar refractivity (Wildman–Crippen MR) is 98.5 cm³/mol. The van der Waals surface area contributed by atoms with Crippen molar-refractivity contribution in [3.63, 3.8) is 0 Å². The number of hydrogen-bond donors (Lipinski definition) is 0. The highest BCUT2D eigenvalue weighted by atomic mass is 14.2. The molecule has 21 heavy (non-hydrogen) atoms. The van der Waals surface area contributed by atoms with Gasteiger partial charge in [0.1, 0.15) is 0 Å². The summed E-state index contributed by atoms with van der Waals surface area (Å²) in [6, 6.07) is 0. The molecule has 0 spiro atoms. The summed E-state index contributed by atoms with van der Waals surface area (Å²) in [4.78, 5) is 0. The van der Waals surface area contributed by atoms with Gasteiger partial charge in [-0.1, -0.05) is 78.0 Å². The molecule has 0 N–H and O–H groups in total. The molecular weight excluding hydrogens is 252 g/mol. The van der Waals surface area contributed by atoms with Crippen LogP contribution in [0.2, 0.25) is 0 Å². The summed E-state index contributed by atoms with van der Waals surface area (Å²) in [7, 11) is 0. The molecule has 0 radical (unpaired) electrons. The molecule has 1 unspecified atom stereocenters. The van der Waals surface area contributed by atoms with Gasteiger partial charge in [-0.05, 0) is 48.5 Å². The molecule has 0 nitrogen and oxygen atoms in total. The average molecular weight is 289 g/mol. The first-order valence-corrected chi connectivity index (χ1v) is 8.23. The van der Waals surface area contributed by atoms with E-state index in [-0.39, 0.29) is 5.41 Å². The second-order valence-corrected chi connectivity index (χ2v) is 7.91. The van der Waals surface area contributed by atoms with Gasteiger partial charge in [0.25, 0.3) is 0 Å². The molecule has 0 amide bonds. The van der Waals surface area contributed by atoms with Crippen molar-refractivity contribution in [1.82, 2.24) is 0 Å². The lowest BCUT2D eigenvalue weighted by Crippen LogP contribution is -2.17. The molecule has 0 saturated heterocycles. The van der Waals surface area contributed by atoms with E-state index in [2.05, 4.69) is 85.4 Å². The summed E-state index contributed by atoms with van der Waals surface area (Å²) < 4.78 is 0. The quantitative estimate of drug-likeness (QED) is 0.266. The standard InChI is InChI=1S/C21H36/c1-9-14-18(20(3,4)5)16-12-11-13-17-19(15-10-2)21(6,7)8/h9-10,12,15-18H,1,11,13-14H2,2-8H3/b15-10-,16-12+,19-17+. The van der Waals surface area contributed by atoms with Crippen molar-refractivity contribution in [3.8, 4) is 0 Å². The second-order valence-electron chi connectivity index (χ2n) is 7.91. The predicted octanol–water partition coefficient (Wildman–Crippen LogP) is 7.11. The van der Waals surface area contributed by atoms with E-state index in [1.807, 2.05) is 6.08 Å².